The Morgan fingerprint density at radius 2 is 1.90 bits per heavy atom. The van der Waals surface area contributed by atoms with Gasteiger partial charge in [0.25, 0.3) is 0 Å². The van der Waals surface area contributed by atoms with Gasteiger partial charge in [-0.1, -0.05) is 17.3 Å². The lowest BCUT2D eigenvalue weighted by atomic mass is 10.1. The zero-order valence-electron chi connectivity index (χ0n) is 12.3. The molecule has 0 bridgehead atoms. The first kappa shape index (κ1) is 15.7. The van der Waals surface area contributed by atoms with Gasteiger partial charge in [0.15, 0.2) is 0 Å². The van der Waals surface area contributed by atoms with Crippen LogP contribution in [0.5, 0.6) is 0 Å². The van der Waals surface area contributed by atoms with E-state index >= 15 is 0 Å². The summed E-state index contributed by atoms with van der Waals surface area (Å²) in [5.41, 5.74) is 1.84. The highest BCUT2D eigenvalue weighted by Gasteiger charge is 2.17. The fraction of sp³-hybridized carbons (Fsp3) is 0.357. The van der Waals surface area contributed by atoms with E-state index in [2.05, 4.69) is 10.5 Å². The van der Waals surface area contributed by atoms with E-state index in [9.17, 15) is 8.42 Å². The molecule has 0 amide bonds. The van der Waals surface area contributed by atoms with Crippen molar-refractivity contribution in [3.05, 3.63) is 47.9 Å². The number of rotatable bonds is 6. The lowest BCUT2D eigenvalue weighted by molar-refractivity contribution is 0.406. The molecule has 2 rings (SSSR count). The number of aromatic nitrogens is 1. The molecule has 0 saturated heterocycles. The molecule has 1 aromatic heterocycles. The Hall–Kier alpha value is -1.70. The Labute approximate surface area is 124 Å². The minimum atomic E-state index is -3.38. The summed E-state index contributed by atoms with van der Waals surface area (Å²) in [4.78, 5) is 0.292. The second kappa shape index (κ2) is 6.38. The average molecular weight is 309 g/mol. The fourth-order valence-electron chi connectivity index (χ4n) is 1.84. The molecule has 1 N–H and O–H groups in total. The predicted molar refractivity (Wildman–Crippen MR) is 79.1 cm³/mol. The number of nitrogens with zero attached hydrogens (tertiary/aromatic N) is 2. The monoisotopic (exact) mass is 309 g/mol. The smallest absolute Gasteiger partial charge is 0.242 e. The van der Waals surface area contributed by atoms with Crippen molar-refractivity contribution in [3.63, 3.8) is 0 Å². The summed E-state index contributed by atoms with van der Waals surface area (Å²) in [6.07, 6.45) is 1.53. The average Bonchev–Trinajstić information content (AvgIpc) is 2.98. The van der Waals surface area contributed by atoms with Crippen molar-refractivity contribution in [3.8, 4) is 0 Å². The quantitative estimate of drug-likeness (QED) is 0.880. The van der Waals surface area contributed by atoms with Gasteiger partial charge in [-0.15, -0.1) is 0 Å². The summed E-state index contributed by atoms with van der Waals surface area (Å²) in [7, 11) is -0.338. The molecule has 0 aliphatic carbocycles. The van der Waals surface area contributed by atoms with E-state index in [-0.39, 0.29) is 6.04 Å². The molecule has 0 fully saturated rings. The number of benzene rings is 1. The Morgan fingerprint density at radius 1 is 1.24 bits per heavy atom. The van der Waals surface area contributed by atoms with Gasteiger partial charge in [-0.3, -0.25) is 0 Å². The van der Waals surface area contributed by atoms with Gasteiger partial charge in [0.1, 0.15) is 6.26 Å². The molecule has 7 heteroatoms. The van der Waals surface area contributed by atoms with E-state index < -0.39 is 10.0 Å². The van der Waals surface area contributed by atoms with Gasteiger partial charge in [-0.2, -0.15) is 0 Å². The van der Waals surface area contributed by atoms with Crippen LogP contribution < -0.4 is 5.32 Å². The second-order valence-electron chi connectivity index (χ2n) is 4.95. The molecule has 1 unspecified atom stereocenters. The van der Waals surface area contributed by atoms with Crippen molar-refractivity contribution in [1.82, 2.24) is 14.8 Å². The molecule has 0 aliphatic heterocycles. The largest absolute Gasteiger partial charge is 0.364 e. The number of hydrogen-bond acceptors (Lipinski definition) is 5. The maximum atomic E-state index is 12.0. The van der Waals surface area contributed by atoms with Crippen LogP contribution in [0.4, 0.5) is 0 Å². The molecule has 114 valence electrons. The molecule has 0 spiro atoms. The van der Waals surface area contributed by atoms with Gasteiger partial charge in [-0.25, -0.2) is 12.7 Å². The van der Waals surface area contributed by atoms with Crippen LogP contribution in [0.15, 0.2) is 46.0 Å². The molecule has 6 nitrogen and oxygen atoms in total. The van der Waals surface area contributed by atoms with Gasteiger partial charge in [-0.05, 0) is 24.6 Å². The zero-order valence-corrected chi connectivity index (χ0v) is 13.1. The first-order valence-electron chi connectivity index (χ1n) is 6.56. The molecule has 1 aromatic carbocycles. The van der Waals surface area contributed by atoms with Crippen LogP contribution in [-0.4, -0.2) is 32.0 Å². The van der Waals surface area contributed by atoms with Crippen LogP contribution in [0.3, 0.4) is 0 Å². The third-order valence-corrected chi connectivity index (χ3v) is 5.07. The molecule has 1 atom stereocenters. The Morgan fingerprint density at radius 3 is 2.43 bits per heavy atom. The lowest BCUT2D eigenvalue weighted by Crippen LogP contribution is -2.22. The van der Waals surface area contributed by atoms with Crippen LogP contribution >= 0.6 is 0 Å². The van der Waals surface area contributed by atoms with E-state index in [0.717, 1.165) is 11.3 Å². The SMILES string of the molecule is CC(NCc1ccon1)c1ccc(S(=O)(=O)N(C)C)cc1. The van der Waals surface area contributed by atoms with Gasteiger partial charge in [0, 0.05) is 32.7 Å². The predicted octanol–water partition coefficient (Wildman–Crippen LogP) is 1.78. The molecule has 21 heavy (non-hydrogen) atoms. The number of nitrogens with one attached hydrogen (secondary N) is 1. The third kappa shape index (κ3) is 3.69. The summed E-state index contributed by atoms with van der Waals surface area (Å²) < 4.78 is 29.9. The first-order chi connectivity index (χ1) is 9.91. The molecule has 2 aromatic rings. The Balaban J connectivity index is 2.05. The van der Waals surface area contributed by atoms with Crippen molar-refractivity contribution in [2.24, 2.45) is 0 Å². The summed E-state index contributed by atoms with van der Waals surface area (Å²) in [6.45, 7) is 2.60. The summed E-state index contributed by atoms with van der Waals surface area (Å²) in [6, 6.07) is 8.76. The molecule has 0 saturated carbocycles. The van der Waals surface area contributed by atoms with Crippen molar-refractivity contribution >= 4 is 10.0 Å². The van der Waals surface area contributed by atoms with Crippen LogP contribution in [-0.2, 0) is 16.6 Å². The molecular weight excluding hydrogens is 290 g/mol. The van der Waals surface area contributed by atoms with Crippen LogP contribution in [0.2, 0.25) is 0 Å². The molecular formula is C14H19N3O3S. The van der Waals surface area contributed by atoms with E-state index in [1.165, 1.54) is 24.7 Å². The van der Waals surface area contributed by atoms with Crippen molar-refractivity contribution in [2.45, 2.75) is 24.4 Å². The van der Waals surface area contributed by atoms with Crippen LogP contribution in [0, 0.1) is 0 Å². The van der Waals surface area contributed by atoms with Crippen molar-refractivity contribution in [1.29, 1.82) is 0 Å². The Bertz CT molecular complexity index is 664. The lowest BCUT2D eigenvalue weighted by Gasteiger charge is -2.15. The topological polar surface area (TPSA) is 75.4 Å². The highest BCUT2D eigenvalue weighted by atomic mass is 32.2. The fourth-order valence-corrected chi connectivity index (χ4v) is 2.75. The molecule has 0 aliphatic rings. The highest BCUT2D eigenvalue weighted by molar-refractivity contribution is 7.89. The van der Waals surface area contributed by atoms with Gasteiger partial charge >= 0.3 is 0 Å². The van der Waals surface area contributed by atoms with E-state index in [1.807, 2.05) is 19.1 Å². The van der Waals surface area contributed by atoms with E-state index in [4.69, 9.17) is 4.52 Å². The summed E-state index contributed by atoms with van der Waals surface area (Å²) in [5, 5.41) is 7.13. The van der Waals surface area contributed by atoms with Gasteiger partial charge < -0.3 is 9.84 Å². The zero-order chi connectivity index (χ0) is 15.5. The maximum absolute atomic E-state index is 12.0. The molecule has 1 heterocycles. The van der Waals surface area contributed by atoms with E-state index in [0.29, 0.717) is 11.4 Å². The minimum Gasteiger partial charge on any atom is -0.364 e. The van der Waals surface area contributed by atoms with Gasteiger partial charge in [0.2, 0.25) is 10.0 Å². The Kier molecular flexibility index (Phi) is 4.76. The van der Waals surface area contributed by atoms with Crippen molar-refractivity contribution < 1.29 is 12.9 Å². The van der Waals surface area contributed by atoms with Crippen molar-refractivity contribution in [2.75, 3.05) is 14.1 Å². The highest BCUT2D eigenvalue weighted by Crippen LogP contribution is 2.18. The first-order valence-corrected chi connectivity index (χ1v) is 8.00. The maximum Gasteiger partial charge on any atom is 0.242 e. The number of sulfonamides is 1. The van der Waals surface area contributed by atoms with Gasteiger partial charge in [0.05, 0.1) is 10.6 Å². The summed E-state index contributed by atoms with van der Waals surface area (Å²) in [5.74, 6) is 0. The van der Waals surface area contributed by atoms with Crippen LogP contribution in [0.25, 0.3) is 0 Å². The standard InChI is InChI=1S/C14H19N3O3S/c1-11(15-10-13-8-9-20-16-13)12-4-6-14(7-5-12)21(18,19)17(2)3/h4-9,11,15H,10H2,1-3H3. The third-order valence-electron chi connectivity index (χ3n) is 3.24. The van der Waals surface area contributed by atoms with E-state index in [1.54, 1.807) is 18.2 Å². The molecule has 0 radical (unpaired) electrons. The van der Waals surface area contributed by atoms with Crippen LogP contribution in [0.1, 0.15) is 24.2 Å². The minimum absolute atomic E-state index is 0.0813. The summed E-state index contributed by atoms with van der Waals surface area (Å²) >= 11 is 0. The normalized spacial score (nSPS) is 13.5. The second-order valence-corrected chi connectivity index (χ2v) is 7.10. The number of hydrogen-bond donors (Lipinski definition) is 1.